The SMILES string of the molecule is COc1ccc(NC(N)=NCCCCN2CCN(c3cccc(C(F)(F)F)c3)CC2)cc1.I. The van der Waals surface area contributed by atoms with Crippen molar-refractivity contribution in [3.05, 3.63) is 54.1 Å². The maximum atomic E-state index is 12.9. The first-order chi connectivity index (χ1) is 15.3. The van der Waals surface area contributed by atoms with E-state index in [4.69, 9.17) is 10.5 Å². The fourth-order valence-corrected chi connectivity index (χ4v) is 3.62. The molecular weight excluding hydrogens is 546 g/mol. The molecule has 0 aliphatic carbocycles. The summed E-state index contributed by atoms with van der Waals surface area (Å²) in [5, 5.41) is 3.05. The Bertz CT molecular complexity index is 884. The van der Waals surface area contributed by atoms with Crippen LogP contribution in [0.3, 0.4) is 0 Å². The van der Waals surface area contributed by atoms with Crippen LogP contribution in [-0.2, 0) is 6.18 Å². The number of hydrogen-bond donors (Lipinski definition) is 2. The van der Waals surface area contributed by atoms with Crippen LogP contribution in [0.2, 0.25) is 0 Å². The van der Waals surface area contributed by atoms with Crippen molar-refractivity contribution in [1.82, 2.24) is 4.90 Å². The van der Waals surface area contributed by atoms with E-state index in [-0.39, 0.29) is 24.0 Å². The van der Waals surface area contributed by atoms with Gasteiger partial charge in [-0.3, -0.25) is 9.89 Å². The van der Waals surface area contributed by atoms with Crippen LogP contribution in [-0.4, -0.2) is 57.2 Å². The molecule has 33 heavy (non-hydrogen) atoms. The van der Waals surface area contributed by atoms with Gasteiger partial charge in [0.15, 0.2) is 5.96 Å². The predicted octanol–water partition coefficient (Wildman–Crippen LogP) is 4.66. The second kappa shape index (κ2) is 12.9. The van der Waals surface area contributed by atoms with Gasteiger partial charge in [-0.15, -0.1) is 24.0 Å². The number of nitrogens with zero attached hydrogens (tertiary/aromatic N) is 3. The molecule has 1 saturated heterocycles. The number of guanidine groups is 1. The Morgan fingerprint density at radius 2 is 1.76 bits per heavy atom. The molecule has 6 nitrogen and oxygen atoms in total. The molecule has 2 aromatic rings. The average Bonchev–Trinajstić information content (AvgIpc) is 2.79. The van der Waals surface area contributed by atoms with Gasteiger partial charge in [0.25, 0.3) is 0 Å². The van der Waals surface area contributed by atoms with E-state index >= 15 is 0 Å². The summed E-state index contributed by atoms with van der Waals surface area (Å²) in [5.41, 5.74) is 6.82. The highest BCUT2D eigenvalue weighted by atomic mass is 127. The van der Waals surface area contributed by atoms with Crippen molar-refractivity contribution in [1.29, 1.82) is 0 Å². The molecule has 1 fully saturated rings. The van der Waals surface area contributed by atoms with Gasteiger partial charge in [0.1, 0.15) is 5.75 Å². The highest BCUT2D eigenvalue weighted by molar-refractivity contribution is 14.0. The van der Waals surface area contributed by atoms with Crippen molar-refractivity contribution in [3.8, 4) is 5.75 Å². The van der Waals surface area contributed by atoms with Gasteiger partial charge >= 0.3 is 6.18 Å². The van der Waals surface area contributed by atoms with Crippen LogP contribution in [0.25, 0.3) is 0 Å². The minimum absolute atomic E-state index is 0. The Hall–Kier alpha value is -2.21. The van der Waals surface area contributed by atoms with Gasteiger partial charge in [0.2, 0.25) is 0 Å². The van der Waals surface area contributed by atoms with Gasteiger partial charge < -0.3 is 20.7 Å². The molecule has 2 aromatic carbocycles. The molecule has 0 aromatic heterocycles. The molecule has 10 heteroatoms. The standard InChI is InChI=1S/C23H30F3N5O.HI/c1-32-21-9-7-19(8-10-21)29-22(27)28-11-2-3-12-30-13-15-31(16-14-30)20-6-4-5-18(17-20)23(24,25)26;/h4-10,17H,2-3,11-16H2,1H3,(H3,27,28,29);1H. The number of ether oxygens (including phenoxy) is 1. The number of unbranched alkanes of at least 4 members (excludes halogenated alkanes) is 1. The van der Waals surface area contributed by atoms with Crippen LogP contribution in [0.1, 0.15) is 18.4 Å². The molecule has 0 spiro atoms. The summed E-state index contributed by atoms with van der Waals surface area (Å²) in [5.74, 6) is 1.16. The van der Waals surface area contributed by atoms with E-state index in [1.165, 1.54) is 12.1 Å². The molecule has 0 unspecified atom stereocenters. The number of nitrogens with two attached hydrogens (primary N) is 1. The lowest BCUT2D eigenvalue weighted by Gasteiger charge is -2.36. The summed E-state index contributed by atoms with van der Waals surface area (Å²) in [6, 6.07) is 13.0. The molecule has 0 saturated carbocycles. The molecule has 1 aliphatic rings. The van der Waals surface area contributed by atoms with E-state index < -0.39 is 11.7 Å². The van der Waals surface area contributed by atoms with Gasteiger partial charge in [0, 0.05) is 44.1 Å². The predicted molar refractivity (Wildman–Crippen MR) is 138 cm³/mol. The van der Waals surface area contributed by atoms with E-state index in [9.17, 15) is 13.2 Å². The van der Waals surface area contributed by atoms with Crippen LogP contribution in [0.4, 0.5) is 24.5 Å². The van der Waals surface area contributed by atoms with Gasteiger partial charge in [-0.25, -0.2) is 0 Å². The van der Waals surface area contributed by atoms with Crippen LogP contribution < -0.4 is 20.7 Å². The first-order valence-corrected chi connectivity index (χ1v) is 10.7. The lowest BCUT2D eigenvalue weighted by Crippen LogP contribution is -2.46. The third kappa shape index (κ3) is 8.58. The Balaban J connectivity index is 0.00000385. The Kier molecular flexibility index (Phi) is 10.6. The monoisotopic (exact) mass is 577 g/mol. The third-order valence-corrected chi connectivity index (χ3v) is 5.44. The summed E-state index contributed by atoms with van der Waals surface area (Å²) in [6.07, 6.45) is -2.41. The Morgan fingerprint density at radius 3 is 2.39 bits per heavy atom. The molecule has 0 radical (unpaired) electrons. The van der Waals surface area contributed by atoms with Crippen molar-refractivity contribution in [2.24, 2.45) is 10.7 Å². The van der Waals surface area contributed by atoms with Crippen LogP contribution in [0, 0.1) is 0 Å². The van der Waals surface area contributed by atoms with E-state index in [0.717, 1.165) is 63.1 Å². The largest absolute Gasteiger partial charge is 0.497 e. The number of hydrogen-bond acceptors (Lipinski definition) is 4. The van der Waals surface area contributed by atoms with Crippen LogP contribution >= 0.6 is 24.0 Å². The maximum Gasteiger partial charge on any atom is 0.416 e. The van der Waals surface area contributed by atoms with Crippen molar-refractivity contribution >= 4 is 41.3 Å². The maximum absolute atomic E-state index is 12.9. The minimum Gasteiger partial charge on any atom is -0.497 e. The summed E-state index contributed by atoms with van der Waals surface area (Å²) < 4.78 is 43.9. The van der Waals surface area contributed by atoms with E-state index in [2.05, 4.69) is 15.2 Å². The topological polar surface area (TPSA) is 66.1 Å². The number of halogens is 4. The number of alkyl halides is 3. The number of piperazine rings is 1. The molecule has 1 heterocycles. The Labute approximate surface area is 210 Å². The fraction of sp³-hybridized carbons (Fsp3) is 0.435. The highest BCUT2D eigenvalue weighted by Gasteiger charge is 2.31. The first-order valence-electron chi connectivity index (χ1n) is 10.7. The number of rotatable bonds is 8. The number of benzene rings is 2. The molecule has 1 aliphatic heterocycles. The van der Waals surface area contributed by atoms with Gasteiger partial charge in [0.05, 0.1) is 12.7 Å². The molecule has 182 valence electrons. The summed E-state index contributed by atoms with van der Waals surface area (Å²) >= 11 is 0. The van der Waals surface area contributed by atoms with E-state index in [0.29, 0.717) is 18.2 Å². The second-order valence-electron chi connectivity index (χ2n) is 7.70. The number of aliphatic imine (C=N–C) groups is 1. The summed E-state index contributed by atoms with van der Waals surface area (Å²) in [7, 11) is 1.62. The zero-order chi connectivity index (χ0) is 23.0. The smallest absolute Gasteiger partial charge is 0.416 e. The minimum atomic E-state index is -4.31. The molecular formula is C23H31F3IN5O. The zero-order valence-corrected chi connectivity index (χ0v) is 21.0. The molecule has 0 atom stereocenters. The van der Waals surface area contributed by atoms with Crippen molar-refractivity contribution < 1.29 is 17.9 Å². The van der Waals surface area contributed by atoms with Crippen molar-refractivity contribution in [2.45, 2.75) is 19.0 Å². The first kappa shape index (κ1) is 27.0. The number of anilines is 2. The normalized spacial score (nSPS) is 15.2. The summed E-state index contributed by atoms with van der Waals surface area (Å²) in [4.78, 5) is 8.71. The molecule has 0 bridgehead atoms. The van der Waals surface area contributed by atoms with Gasteiger partial charge in [-0.05, 0) is 61.9 Å². The van der Waals surface area contributed by atoms with Crippen LogP contribution in [0.15, 0.2) is 53.5 Å². The number of nitrogens with one attached hydrogen (secondary N) is 1. The van der Waals surface area contributed by atoms with Gasteiger partial charge in [-0.1, -0.05) is 6.07 Å². The zero-order valence-electron chi connectivity index (χ0n) is 18.6. The quantitative estimate of drug-likeness (QED) is 0.207. The van der Waals surface area contributed by atoms with E-state index in [1.54, 1.807) is 13.2 Å². The third-order valence-electron chi connectivity index (χ3n) is 5.44. The fourth-order valence-electron chi connectivity index (χ4n) is 3.62. The number of methoxy groups -OCH3 is 1. The van der Waals surface area contributed by atoms with Crippen molar-refractivity contribution in [2.75, 3.05) is 56.6 Å². The summed E-state index contributed by atoms with van der Waals surface area (Å²) in [6.45, 7) is 4.69. The molecule has 3 N–H and O–H groups in total. The lowest BCUT2D eigenvalue weighted by molar-refractivity contribution is -0.137. The molecule has 0 amide bonds. The second-order valence-corrected chi connectivity index (χ2v) is 7.70. The highest BCUT2D eigenvalue weighted by Crippen LogP contribution is 2.31. The average molecular weight is 577 g/mol. The Morgan fingerprint density at radius 1 is 1.06 bits per heavy atom. The lowest BCUT2D eigenvalue weighted by atomic mass is 10.1. The van der Waals surface area contributed by atoms with Crippen LogP contribution in [0.5, 0.6) is 5.75 Å². The molecule has 3 rings (SSSR count). The van der Waals surface area contributed by atoms with E-state index in [1.807, 2.05) is 29.2 Å². The van der Waals surface area contributed by atoms with Gasteiger partial charge in [-0.2, -0.15) is 13.2 Å². The van der Waals surface area contributed by atoms with Crippen molar-refractivity contribution in [3.63, 3.8) is 0 Å².